The summed E-state index contributed by atoms with van der Waals surface area (Å²) in [5.41, 5.74) is 2.74. The molecule has 0 atom stereocenters. The van der Waals surface area contributed by atoms with Crippen LogP contribution < -0.4 is 13.8 Å². The summed E-state index contributed by atoms with van der Waals surface area (Å²) in [4.78, 5) is 15.2. The normalized spacial score (nSPS) is 14.3. The van der Waals surface area contributed by atoms with Crippen LogP contribution in [0, 0.1) is 12.8 Å². The van der Waals surface area contributed by atoms with Gasteiger partial charge in [0.15, 0.2) is 11.5 Å². The van der Waals surface area contributed by atoms with E-state index in [2.05, 4.69) is 12.1 Å². The van der Waals surface area contributed by atoms with Crippen LogP contribution in [0.2, 0.25) is 0 Å². The van der Waals surface area contributed by atoms with Crippen LogP contribution in [0.15, 0.2) is 77.7 Å². The average Bonchev–Trinajstić information content (AvgIpc) is 2.92. The molecule has 0 bridgehead atoms. The fourth-order valence-corrected chi connectivity index (χ4v) is 6.12. The molecule has 7 nitrogen and oxygen atoms in total. The Morgan fingerprint density at radius 2 is 1.57 bits per heavy atom. The number of anilines is 1. The zero-order valence-corrected chi connectivity index (χ0v) is 22.4. The molecule has 4 rings (SSSR count). The van der Waals surface area contributed by atoms with Gasteiger partial charge in [-0.15, -0.1) is 0 Å². The second kappa shape index (κ2) is 11.7. The molecule has 3 aromatic rings. The largest absolute Gasteiger partial charge is 0.493 e. The van der Waals surface area contributed by atoms with E-state index in [1.54, 1.807) is 23.1 Å². The summed E-state index contributed by atoms with van der Waals surface area (Å²) in [7, 11) is -1.11. The van der Waals surface area contributed by atoms with Gasteiger partial charge in [-0.3, -0.25) is 9.10 Å². The number of hydrogen-bond donors (Lipinski definition) is 0. The molecule has 1 aliphatic rings. The molecule has 0 aliphatic carbocycles. The highest BCUT2D eigenvalue weighted by molar-refractivity contribution is 7.92. The summed E-state index contributed by atoms with van der Waals surface area (Å²) in [5, 5.41) is 0. The fourth-order valence-electron chi connectivity index (χ4n) is 4.69. The van der Waals surface area contributed by atoms with Crippen molar-refractivity contribution in [1.29, 1.82) is 0 Å². The number of amides is 1. The van der Waals surface area contributed by atoms with Gasteiger partial charge in [0.2, 0.25) is 5.91 Å². The minimum atomic E-state index is -4.06. The number of likely N-dealkylation sites (tertiary alicyclic amines) is 1. The van der Waals surface area contributed by atoms with Crippen molar-refractivity contribution >= 4 is 21.6 Å². The number of benzene rings is 3. The molecule has 1 fully saturated rings. The van der Waals surface area contributed by atoms with Gasteiger partial charge in [-0.2, -0.15) is 0 Å². The molecule has 1 heterocycles. The number of carbonyl (C=O) groups is 1. The van der Waals surface area contributed by atoms with Crippen LogP contribution in [0.25, 0.3) is 0 Å². The predicted molar refractivity (Wildman–Crippen MR) is 145 cm³/mol. The topological polar surface area (TPSA) is 76.2 Å². The van der Waals surface area contributed by atoms with Crippen molar-refractivity contribution in [3.8, 4) is 11.5 Å². The van der Waals surface area contributed by atoms with Crippen LogP contribution in [0.3, 0.4) is 0 Å². The monoisotopic (exact) mass is 522 g/mol. The second-order valence-electron chi connectivity index (χ2n) is 9.38. The van der Waals surface area contributed by atoms with Crippen LogP contribution in [0.4, 0.5) is 5.69 Å². The van der Waals surface area contributed by atoms with Crippen molar-refractivity contribution in [2.45, 2.75) is 31.1 Å². The minimum Gasteiger partial charge on any atom is -0.493 e. The number of ether oxygens (including phenoxy) is 2. The van der Waals surface area contributed by atoms with Gasteiger partial charge in [0, 0.05) is 19.2 Å². The first-order valence-electron chi connectivity index (χ1n) is 12.4. The van der Waals surface area contributed by atoms with Crippen molar-refractivity contribution in [1.82, 2.24) is 4.90 Å². The molecule has 0 radical (unpaired) electrons. The summed E-state index contributed by atoms with van der Waals surface area (Å²) in [6, 6.07) is 22.0. The second-order valence-corrected chi connectivity index (χ2v) is 11.2. The lowest BCUT2D eigenvalue weighted by Gasteiger charge is -2.34. The molecular weight excluding hydrogens is 488 g/mol. The highest BCUT2D eigenvalue weighted by Crippen LogP contribution is 2.32. The first-order chi connectivity index (χ1) is 17.8. The van der Waals surface area contributed by atoms with E-state index in [-0.39, 0.29) is 17.3 Å². The Morgan fingerprint density at radius 3 is 2.19 bits per heavy atom. The fraction of sp³-hybridized carbons (Fsp3) is 0.345. The summed E-state index contributed by atoms with van der Waals surface area (Å²) < 4.78 is 39.4. The van der Waals surface area contributed by atoms with Crippen LogP contribution in [-0.4, -0.2) is 53.1 Å². The molecule has 1 saturated heterocycles. The Bertz CT molecular complexity index is 1300. The predicted octanol–water partition coefficient (Wildman–Crippen LogP) is 4.69. The lowest BCUT2D eigenvalue weighted by Crippen LogP contribution is -2.46. The number of aryl methyl sites for hydroxylation is 1. The van der Waals surface area contributed by atoms with Crippen LogP contribution in [-0.2, 0) is 21.2 Å². The Kier molecular flexibility index (Phi) is 8.38. The molecular formula is C29H34N2O5S. The molecule has 3 aromatic carbocycles. The lowest BCUT2D eigenvalue weighted by atomic mass is 9.90. The number of hydrogen-bond acceptors (Lipinski definition) is 5. The maximum Gasteiger partial charge on any atom is 0.264 e. The summed E-state index contributed by atoms with van der Waals surface area (Å²) in [6.45, 7) is 2.90. The highest BCUT2D eigenvalue weighted by atomic mass is 32.2. The number of piperidine rings is 1. The SMILES string of the molecule is COc1ccc(S(=O)(=O)N(CC(=O)N2CCC(Cc3ccccc3)CC2)c2ccc(C)cc2)cc1OC. The average molecular weight is 523 g/mol. The maximum absolute atomic E-state index is 13.8. The van der Waals surface area contributed by atoms with Crippen LogP contribution in [0.5, 0.6) is 11.5 Å². The minimum absolute atomic E-state index is 0.0279. The zero-order valence-electron chi connectivity index (χ0n) is 21.6. The lowest BCUT2D eigenvalue weighted by molar-refractivity contribution is -0.130. The number of sulfonamides is 1. The molecule has 8 heteroatoms. The molecule has 0 saturated carbocycles. The van der Waals surface area contributed by atoms with Gasteiger partial charge in [-0.1, -0.05) is 48.0 Å². The molecule has 0 unspecified atom stereocenters. The zero-order chi connectivity index (χ0) is 26.4. The molecule has 0 aromatic heterocycles. The molecule has 37 heavy (non-hydrogen) atoms. The van der Waals surface area contributed by atoms with Gasteiger partial charge in [-0.25, -0.2) is 8.42 Å². The third kappa shape index (κ3) is 6.25. The molecule has 0 N–H and O–H groups in total. The van der Waals surface area contributed by atoms with E-state index in [4.69, 9.17) is 9.47 Å². The van der Waals surface area contributed by atoms with Gasteiger partial charge in [0.25, 0.3) is 10.0 Å². The third-order valence-electron chi connectivity index (χ3n) is 6.88. The third-order valence-corrected chi connectivity index (χ3v) is 8.65. The number of methoxy groups -OCH3 is 2. The van der Waals surface area contributed by atoms with E-state index < -0.39 is 10.0 Å². The smallest absolute Gasteiger partial charge is 0.264 e. The van der Waals surface area contributed by atoms with E-state index in [1.807, 2.05) is 37.3 Å². The van der Waals surface area contributed by atoms with Gasteiger partial charge >= 0.3 is 0 Å². The number of nitrogens with zero attached hydrogens (tertiary/aromatic N) is 2. The van der Waals surface area contributed by atoms with Crippen molar-refractivity contribution in [3.63, 3.8) is 0 Å². The number of carbonyl (C=O) groups excluding carboxylic acids is 1. The Hall–Kier alpha value is -3.52. The Morgan fingerprint density at radius 1 is 0.919 bits per heavy atom. The summed E-state index contributed by atoms with van der Waals surface area (Å²) >= 11 is 0. The van der Waals surface area contributed by atoms with E-state index in [0.29, 0.717) is 36.2 Å². The van der Waals surface area contributed by atoms with Crippen LogP contribution >= 0.6 is 0 Å². The Balaban J connectivity index is 1.53. The summed E-state index contributed by atoms with van der Waals surface area (Å²) in [6.07, 6.45) is 2.78. The van der Waals surface area contributed by atoms with Crippen molar-refractivity contribution in [3.05, 3.63) is 83.9 Å². The van der Waals surface area contributed by atoms with E-state index in [9.17, 15) is 13.2 Å². The molecule has 1 aliphatic heterocycles. The van der Waals surface area contributed by atoms with E-state index in [0.717, 1.165) is 24.8 Å². The van der Waals surface area contributed by atoms with Gasteiger partial charge in [0.05, 0.1) is 24.8 Å². The first-order valence-corrected chi connectivity index (χ1v) is 13.9. The molecule has 196 valence electrons. The molecule has 0 spiro atoms. The van der Waals surface area contributed by atoms with Gasteiger partial charge < -0.3 is 14.4 Å². The summed E-state index contributed by atoms with van der Waals surface area (Å²) in [5.74, 6) is 1.04. The first kappa shape index (κ1) is 26.5. The van der Waals surface area contributed by atoms with Crippen molar-refractivity contribution in [2.24, 2.45) is 5.92 Å². The molecule has 1 amide bonds. The van der Waals surface area contributed by atoms with E-state index >= 15 is 0 Å². The maximum atomic E-state index is 13.8. The van der Waals surface area contributed by atoms with Crippen molar-refractivity contribution in [2.75, 3.05) is 38.2 Å². The van der Waals surface area contributed by atoms with Gasteiger partial charge in [0.1, 0.15) is 6.54 Å². The number of rotatable bonds is 9. The Labute approximate surface area is 219 Å². The van der Waals surface area contributed by atoms with Gasteiger partial charge in [-0.05, 0) is 61.9 Å². The quantitative estimate of drug-likeness (QED) is 0.408. The van der Waals surface area contributed by atoms with Crippen LogP contribution in [0.1, 0.15) is 24.0 Å². The van der Waals surface area contributed by atoms with E-state index in [1.165, 1.54) is 36.2 Å². The van der Waals surface area contributed by atoms with Crippen molar-refractivity contribution < 1.29 is 22.7 Å². The standard InChI is InChI=1S/C29H34N2O5S/c1-22-9-11-25(12-10-22)31(37(33,34)26-13-14-27(35-2)28(20-26)36-3)21-29(32)30-17-15-24(16-18-30)19-23-7-5-4-6-8-23/h4-14,20,24H,15-19,21H2,1-3H3. The highest BCUT2D eigenvalue weighted by Gasteiger charge is 2.31.